The largest absolute Gasteiger partial charge is 0.493 e. The summed E-state index contributed by atoms with van der Waals surface area (Å²) in [4.78, 5) is 25.6. The molecule has 1 heterocycles. The molecular weight excluding hydrogens is 378 g/mol. The number of fused-ring (bicyclic) bond motifs is 1. The molecule has 1 N–H and O–H groups in total. The Morgan fingerprint density at radius 3 is 2.36 bits per heavy atom. The Balaban J connectivity index is 1.75. The van der Waals surface area contributed by atoms with Gasteiger partial charge in [0.2, 0.25) is 5.91 Å². The molecule has 0 fully saturated rings. The molecule has 0 saturated heterocycles. The SMILES string of the molecule is COc1ccc(S[C@@H](C)C(=O)Nc2ccc3c(c2)n(C)c(=O)n3C)cc1OC. The van der Waals surface area contributed by atoms with Crippen LogP contribution in [0.1, 0.15) is 6.92 Å². The molecule has 0 saturated carbocycles. The molecule has 0 aliphatic rings. The van der Waals surface area contributed by atoms with Crippen LogP contribution in [0, 0.1) is 0 Å². The minimum absolute atomic E-state index is 0.101. The zero-order chi connectivity index (χ0) is 20.4. The van der Waals surface area contributed by atoms with Crippen LogP contribution in [0.2, 0.25) is 0 Å². The summed E-state index contributed by atoms with van der Waals surface area (Å²) in [5.74, 6) is 1.14. The predicted octanol–water partition coefficient (Wildman–Crippen LogP) is 3.01. The van der Waals surface area contributed by atoms with Crippen LogP contribution >= 0.6 is 11.8 Å². The highest BCUT2D eigenvalue weighted by atomic mass is 32.2. The summed E-state index contributed by atoms with van der Waals surface area (Å²) in [6.45, 7) is 1.84. The first-order chi connectivity index (χ1) is 13.3. The minimum Gasteiger partial charge on any atom is -0.493 e. The van der Waals surface area contributed by atoms with Crippen molar-refractivity contribution in [2.75, 3.05) is 19.5 Å². The van der Waals surface area contributed by atoms with E-state index in [1.807, 2.05) is 37.3 Å². The van der Waals surface area contributed by atoms with E-state index in [0.717, 1.165) is 15.9 Å². The quantitative estimate of drug-likeness (QED) is 0.643. The molecule has 8 heteroatoms. The molecule has 0 aliphatic carbocycles. The number of ether oxygens (including phenoxy) is 2. The highest BCUT2D eigenvalue weighted by Crippen LogP contribution is 2.33. The molecule has 148 valence electrons. The highest BCUT2D eigenvalue weighted by molar-refractivity contribution is 8.00. The number of aryl methyl sites for hydroxylation is 2. The first-order valence-corrected chi connectivity index (χ1v) is 9.58. The fourth-order valence-corrected chi connectivity index (χ4v) is 3.87. The van der Waals surface area contributed by atoms with Crippen molar-refractivity contribution in [1.82, 2.24) is 9.13 Å². The summed E-state index contributed by atoms with van der Waals surface area (Å²) in [6.07, 6.45) is 0. The van der Waals surface area contributed by atoms with Gasteiger partial charge in [-0.2, -0.15) is 0 Å². The first kappa shape index (κ1) is 19.9. The van der Waals surface area contributed by atoms with Gasteiger partial charge in [-0.1, -0.05) is 0 Å². The van der Waals surface area contributed by atoms with Gasteiger partial charge in [0, 0.05) is 24.7 Å². The summed E-state index contributed by atoms with van der Waals surface area (Å²) >= 11 is 1.43. The van der Waals surface area contributed by atoms with Gasteiger partial charge in [-0.3, -0.25) is 13.9 Å². The molecule has 3 aromatic rings. The topological polar surface area (TPSA) is 74.5 Å². The Kier molecular flexibility index (Phi) is 5.69. The van der Waals surface area contributed by atoms with Crippen molar-refractivity contribution in [3.8, 4) is 11.5 Å². The number of aromatic nitrogens is 2. The third-order valence-electron chi connectivity index (χ3n) is 4.58. The second kappa shape index (κ2) is 8.02. The van der Waals surface area contributed by atoms with Crippen LogP contribution in [0.25, 0.3) is 11.0 Å². The fraction of sp³-hybridized carbons (Fsp3) is 0.300. The van der Waals surface area contributed by atoms with Gasteiger partial charge in [0.15, 0.2) is 11.5 Å². The summed E-state index contributed by atoms with van der Waals surface area (Å²) < 4.78 is 13.7. The Morgan fingerprint density at radius 2 is 1.68 bits per heavy atom. The lowest BCUT2D eigenvalue weighted by atomic mass is 10.2. The van der Waals surface area contributed by atoms with E-state index < -0.39 is 0 Å². The van der Waals surface area contributed by atoms with Gasteiger partial charge in [0.25, 0.3) is 0 Å². The number of amides is 1. The van der Waals surface area contributed by atoms with Crippen LogP contribution in [-0.4, -0.2) is 34.5 Å². The summed E-state index contributed by atoms with van der Waals surface area (Å²) in [7, 11) is 6.60. The molecule has 28 heavy (non-hydrogen) atoms. The number of methoxy groups -OCH3 is 2. The Hall–Kier alpha value is -2.87. The number of hydrogen-bond donors (Lipinski definition) is 1. The van der Waals surface area contributed by atoms with Crippen molar-refractivity contribution in [3.05, 3.63) is 46.9 Å². The Morgan fingerprint density at radius 1 is 1.00 bits per heavy atom. The lowest BCUT2D eigenvalue weighted by Crippen LogP contribution is -2.22. The highest BCUT2D eigenvalue weighted by Gasteiger charge is 2.17. The van der Waals surface area contributed by atoms with Crippen LogP contribution in [0.15, 0.2) is 46.1 Å². The maximum absolute atomic E-state index is 12.6. The molecule has 0 aliphatic heterocycles. The second-order valence-corrected chi connectivity index (χ2v) is 7.78. The molecule has 1 aromatic heterocycles. The molecule has 3 rings (SSSR count). The van der Waals surface area contributed by atoms with E-state index in [0.29, 0.717) is 17.2 Å². The molecule has 2 aromatic carbocycles. The normalized spacial score (nSPS) is 12.0. The zero-order valence-corrected chi connectivity index (χ0v) is 17.3. The predicted molar refractivity (Wildman–Crippen MR) is 112 cm³/mol. The third kappa shape index (κ3) is 3.73. The minimum atomic E-state index is -0.326. The average Bonchev–Trinajstić information content (AvgIpc) is 2.91. The third-order valence-corrected chi connectivity index (χ3v) is 5.67. The molecule has 0 spiro atoms. The number of nitrogens with one attached hydrogen (secondary N) is 1. The number of nitrogens with zero attached hydrogens (tertiary/aromatic N) is 2. The van der Waals surface area contributed by atoms with E-state index in [-0.39, 0.29) is 16.8 Å². The monoisotopic (exact) mass is 401 g/mol. The van der Waals surface area contributed by atoms with E-state index in [1.54, 1.807) is 43.5 Å². The van der Waals surface area contributed by atoms with Crippen molar-refractivity contribution in [3.63, 3.8) is 0 Å². The maximum Gasteiger partial charge on any atom is 0.328 e. The van der Waals surface area contributed by atoms with Crippen molar-refractivity contribution in [2.45, 2.75) is 17.1 Å². The van der Waals surface area contributed by atoms with Crippen molar-refractivity contribution in [2.24, 2.45) is 14.1 Å². The van der Waals surface area contributed by atoms with Gasteiger partial charge in [-0.25, -0.2) is 4.79 Å². The molecule has 1 atom stereocenters. The molecule has 7 nitrogen and oxygen atoms in total. The average molecular weight is 401 g/mol. The van der Waals surface area contributed by atoms with E-state index in [1.165, 1.54) is 11.8 Å². The number of thioether (sulfide) groups is 1. The number of benzene rings is 2. The van der Waals surface area contributed by atoms with Crippen molar-refractivity contribution < 1.29 is 14.3 Å². The molecule has 1 amide bonds. The number of rotatable bonds is 6. The fourth-order valence-electron chi connectivity index (χ4n) is 2.98. The van der Waals surface area contributed by atoms with Crippen molar-refractivity contribution in [1.29, 1.82) is 0 Å². The Bertz CT molecular complexity index is 1090. The summed E-state index contributed by atoms with van der Waals surface area (Å²) in [5.41, 5.74) is 2.14. The zero-order valence-electron chi connectivity index (χ0n) is 16.5. The van der Waals surface area contributed by atoms with Gasteiger partial charge in [0.1, 0.15) is 0 Å². The molecule has 0 bridgehead atoms. The van der Waals surface area contributed by atoms with Crippen LogP contribution in [0.3, 0.4) is 0 Å². The van der Waals surface area contributed by atoms with E-state index in [2.05, 4.69) is 5.32 Å². The number of carbonyl (C=O) groups excluding carboxylic acids is 1. The van der Waals surface area contributed by atoms with Crippen LogP contribution in [0.4, 0.5) is 5.69 Å². The van der Waals surface area contributed by atoms with E-state index in [9.17, 15) is 9.59 Å². The maximum atomic E-state index is 12.6. The van der Waals surface area contributed by atoms with Gasteiger partial charge >= 0.3 is 5.69 Å². The van der Waals surface area contributed by atoms with Gasteiger partial charge < -0.3 is 14.8 Å². The summed E-state index contributed by atoms with van der Waals surface area (Å²) in [6, 6.07) is 11.0. The molecule has 0 unspecified atom stereocenters. The van der Waals surface area contributed by atoms with Gasteiger partial charge in [0.05, 0.1) is 30.5 Å². The molecule has 0 radical (unpaired) electrons. The van der Waals surface area contributed by atoms with Crippen LogP contribution in [-0.2, 0) is 18.9 Å². The lowest BCUT2D eigenvalue weighted by Gasteiger charge is -2.14. The van der Waals surface area contributed by atoms with Gasteiger partial charge in [-0.05, 0) is 43.3 Å². The smallest absolute Gasteiger partial charge is 0.328 e. The number of anilines is 1. The van der Waals surface area contributed by atoms with Crippen LogP contribution < -0.4 is 20.5 Å². The van der Waals surface area contributed by atoms with Crippen molar-refractivity contribution >= 4 is 34.4 Å². The van der Waals surface area contributed by atoms with Crippen LogP contribution in [0.5, 0.6) is 11.5 Å². The number of hydrogen-bond acceptors (Lipinski definition) is 5. The first-order valence-electron chi connectivity index (χ1n) is 8.70. The number of imidazole rings is 1. The van der Waals surface area contributed by atoms with E-state index >= 15 is 0 Å². The second-order valence-electron chi connectivity index (χ2n) is 6.37. The molecular formula is C20H23N3O4S. The Labute approximate surface area is 167 Å². The van der Waals surface area contributed by atoms with E-state index in [4.69, 9.17) is 9.47 Å². The van der Waals surface area contributed by atoms with Gasteiger partial charge in [-0.15, -0.1) is 11.8 Å². The number of carbonyl (C=O) groups is 1. The lowest BCUT2D eigenvalue weighted by molar-refractivity contribution is -0.115. The standard InChI is InChI=1S/C20H23N3O4S/c1-12(28-14-7-9-17(26-4)18(11-14)27-5)19(24)21-13-6-8-15-16(10-13)23(3)20(25)22(15)2/h6-12H,1-5H3,(H,21,24)/t12-/m0/s1. The summed E-state index contributed by atoms with van der Waals surface area (Å²) in [5, 5.41) is 2.60.